The van der Waals surface area contributed by atoms with E-state index < -0.39 is 0 Å². The number of benzene rings is 1. The number of nitrogens with one attached hydrogen (secondary N) is 2. The fourth-order valence-corrected chi connectivity index (χ4v) is 2.98. The standard InChI is InChI=1S/C19H33N5O/c1-5-20-19(22-15-17-8-6-7-9-18(17)25-4)21-14-16(2)24-12-10-23(3)11-13-24/h6-9,16H,5,10-15H2,1-4H3,(H2,20,21,22). The van der Waals surface area contributed by atoms with Gasteiger partial charge in [-0.05, 0) is 27.0 Å². The van der Waals surface area contributed by atoms with Crippen LogP contribution in [0.2, 0.25) is 0 Å². The number of guanidine groups is 1. The van der Waals surface area contributed by atoms with Gasteiger partial charge in [-0.1, -0.05) is 18.2 Å². The van der Waals surface area contributed by atoms with Crippen LogP contribution < -0.4 is 15.4 Å². The van der Waals surface area contributed by atoms with Gasteiger partial charge in [0.1, 0.15) is 5.75 Å². The average Bonchev–Trinajstić information content (AvgIpc) is 2.64. The van der Waals surface area contributed by atoms with E-state index in [-0.39, 0.29) is 0 Å². The number of ether oxygens (including phenoxy) is 1. The topological polar surface area (TPSA) is 52.1 Å². The second-order valence-corrected chi connectivity index (χ2v) is 6.58. The van der Waals surface area contributed by atoms with E-state index in [0.717, 1.165) is 56.5 Å². The zero-order chi connectivity index (χ0) is 18.1. The van der Waals surface area contributed by atoms with Gasteiger partial charge in [0.15, 0.2) is 5.96 Å². The van der Waals surface area contributed by atoms with Crippen molar-refractivity contribution >= 4 is 5.96 Å². The fourth-order valence-electron chi connectivity index (χ4n) is 2.98. The molecule has 140 valence electrons. The second kappa shape index (κ2) is 10.3. The number of piperazine rings is 1. The van der Waals surface area contributed by atoms with Crippen molar-refractivity contribution in [3.05, 3.63) is 29.8 Å². The van der Waals surface area contributed by atoms with E-state index >= 15 is 0 Å². The Kier molecular flexibility index (Phi) is 8.01. The molecule has 25 heavy (non-hydrogen) atoms. The Hall–Kier alpha value is -1.79. The molecule has 0 amide bonds. The molecule has 1 aliphatic heterocycles. The van der Waals surface area contributed by atoms with E-state index in [0.29, 0.717) is 12.6 Å². The molecular weight excluding hydrogens is 314 g/mol. The van der Waals surface area contributed by atoms with Crippen LogP contribution in [0.5, 0.6) is 5.75 Å². The third kappa shape index (κ3) is 6.21. The molecule has 1 heterocycles. The van der Waals surface area contributed by atoms with Crippen LogP contribution in [0.3, 0.4) is 0 Å². The van der Waals surface area contributed by atoms with Crippen molar-refractivity contribution in [3.63, 3.8) is 0 Å². The Morgan fingerprint density at radius 2 is 1.92 bits per heavy atom. The summed E-state index contributed by atoms with van der Waals surface area (Å²) in [5, 5.41) is 6.81. The summed E-state index contributed by atoms with van der Waals surface area (Å²) in [6.45, 7) is 11.3. The molecule has 0 radical (unpaired) electrons. The summed E-state index contributed by atoms with van der Waals surface area (Å²) < 4.78 is 5.40. The quantitative estimate of drug-likeness (QED) is 0.577. The lowest BCUT2D eigenvalue weighted by Crippen LogP contribution is -2.52. The molecule has 0 aromatic heterocycles. The van der Waals surface area contributed by atoms with E-state index in [2.05, 4.69) is 47.4 Å². The molecule has 0 aliphatic carbocycles. The SMILES string of the molecule is CCNC(=NCc1ccccc1OC)NCC(C)N1CCN(C)CC1. The van der Waals surface area contributed by atoms with E-state index in [1.807, 2.05) is 18.2 Å². The number of para-hydroxylation sites is 1. The highest BCUT2D eigenvalue weighted by atomic mass is 16.5. The number of rotatable bonds is 7. The molecular formula is C19H33N5O. The van der Waals surface area contributed by atoms with Gasteiger partial charge in [-0.2, -0.15) is 0 Å². The first-order valence-electron chi connectivity index (χ1n) is 9.20. The van der Waals surface area contributed by atoms with Crippen LogP contribution in [0.15, 0.2) is 29.3 Å². The molecule has 2 rings (SSSR count). The van der Waals surface area contributed by atoms with Crippen LogP contribution in [0.1, 0.15) is 19.4 Å². The number of likely N-dealkylation sites (N-methyl/N-ethyl adjacent to an activating group) is 1. The Balaban J connectivity index is 1.89. The van der Waals surface area contributed by atoms with Gasteiger partial charge in [0.25, 0.3) is 0 Å². The maximum absolute atomic E-state index is 5.40. The molecule has 0 spiro atoms. The van der Waals surface area contributed by atoms with Crippen LogP contribution in [0.25, 0.3) is 0 Å². The van der Waals surface area contributed by atoms with Gasteiger partial charge in [-0.15, -0.1) is 0 Å². The normalized spacial score (nSPS) is 18.0. The molecule has 2 N–H and O–H groups in total. The van der Waals surface area contributed by atoms with Crippen LogP contribution in [0.4, 0.5) is 0 Å². The van der Waals surface area contributed by atoms with Crippen molar-refractivity contribution in [2.45, 2.75) is 26.4 Å². The van der Waals surface area contributed by atoms with E-state index in [9.17, 15) is 0 Å². The predicted molar refractivity (Wildman–Crippen MR) is 104 cm³/mol. The van der Waals surface area contributed by atoms with Gasteiger partial charge in [-0.25, -0.2) is 4.99 Å². The molecule has 1 aromatic carbocycles. The number of nitrogens with zero attached hydrogens (tertiary/aromatic N) is 3. The summed E-state index contributed by atoms with van der Waals surface area (Å²) in [7, 11) is 3.89. The molecule has 0 bridgehead atoms. The summed E-state index contributed by atoms with van der Waals surface area (Å²) >= 11 is 0. The minimum absolute atomic E-state index is 0.490. The van der Waals surface area contributed by atoms with Crippen molar-refractivity contribution in [1.82, 2.24) is 20.4 Å². The summed E-state index contributed by atoms with van der Waals surface area (Å²) in [5.74, 6) is 1.74. The fraction of sp³-hybridized carbons (Fsp3) is 0.632. The Labute approximate surface area is 152 Å². The number of hydrogen-bond donors (Lipinski definition) is 2. The first-order valence-corrected chi connectivity index (χ1v) is 9.20. The van der Waals surface area contributed by atoms with E-state index in [1.165, 1.54) is 0 Å². The average molecular weight is 348 g/mol. The highest BCUT2D eigenvalue weighted by Gasteiger charge is 2.19. The molecule has 1 aromatic rings. The molecule has 1 saturated heterocycles. The van der Waals surface area contributed by atoms with Gasteiger partial charge in [-0.3, -0.25) is 4.90 Å². The molecule has 1 aliphatic rings. The Bertz CT molecular complexity index is 540. The lowest BCUT2D eigenvalue weighted by molar-refractivity contribution is 0.120. The van der Waals surface area contributed by atoms with Crippen molar-refractivity contribution in [2.24, 2.45) is 4.99 Å². The number of methoxy groups -OCH3 is 1. The second-order valence-electron chi connectivity index (χ2n) is 6.58. The van der Waals surface area contributed by atoms with Crippen molar-refractivity contribution in [3.8, 4) is 5.75 Å². The number of hydrogen-bond acceptors (Lipinski definition) is 4. The monoisotopic (exact) mass is 347 g/mol. The predicted octanol–water partition coefficient (Wildman–Crippen LogP) is 1.39. The van der Waals surface area contributed by atoms with Gasteiger partial charge >= 0.3 is 0 Å². The van der Waals surface area contributed by atoms with Crippen LogP contribution in [-0.2, 0) is 6.54 Å². The summed E-state index contributed by atoms with van der Waals surface area (Å²) in [5.41, 5.74) is 1.09. The zero-order valence-corrected chi connectivity index (χ0v) is 16.1. The Morgan fingerprint density at radius 3 is 2.60 bits per heavy atom. The zero-order valence-electron chi connectivity index (χ0n) is 16.1. The highest BCUT2D eigenvalue weighted by Crippen LogP contribution is 2.17. The lowest BCUT2D eigenvalue weighted by atomic mass is 10.2. The van der Waals surface area contributed by atoms with Crippen molar-refractivity contribution in [2.75, 3.05) is 53.4 Å². The van der Waals surface area contributed by atoms with Crippen LogP contribution >= 0.6 is 0 Å². The summed E-state index contributed by atoms with van der Waals surface area (Å²) in [6, 6.07) is 8.51. The van der Waals surface area contributed by atoms with Crippen molar-refractivity contribution < 1.29 is 4.74 Å². The third-order valence-electron chi connectivity index (χ3n) is 4.67. The summed E-state index contributed by atoms with van der Waals surface area (Å²) in [6.07, 6.45) is 0. The highest BCUT2D eigenvalue weighted by molar-refractivity contribution is 5.79. The van der Waals surface area contributed by atoms with Gasteiger partial charge in [0, 0.05) is 50.9 Å². The maximum atomic E-state index is 5.40. The minimum atomic E-state index is 0.490. The summed E-state index contributed by atoms with van der Waals surface area (Å²) in [4.78, 5) is 9.63. The smallest absolute Gasteiger partial charge is 0.191 e. The largest absolute Gasteiger partial charge is 0.496 e. The molecule has 1 atom stereocenters. The van der Waals surface area contributed by atoms with Crippen LogP contribution in [0, 0.1) is 0 Å². The van der Waals surface area contributed by atoms with Crippen LogP contribution in [-0.4, -0.2) is 75.2 Å². The van der Waals surface area contributed by atoms with Crippen molar-refractivity contribution in [1.29, 1.82) is 0 Å². The molecule has 1 unspecified atom stereocenters. The van der Waals surface area contributed by atoms with E-state index in [4.69, 9.17) is 9.73 Å². The van der Waals surface area contributed by atoms with Gasteiger partial charge < -0.3 is 20.3 Å². The van der Waals surface area contributed by atoms with Gasteiger partial charge in [0.2, 0.25) is 0 Å². The third-order valence-corrected chi connectivity index (χ3v) is 4.67. The van der Waals surface area contributed by atoms with E-state index in [1.54, 1.807) is 7.11 Å². The molecule has 1 fully saturated rings. The minimum Gasteiger partial charge on any atom is -0.496 e. The maximum Gasteiger partial charge on any atom is 0.191 e. The number of aliphatic imine (C=N–C) groups is 1. The molecule has 0 saturated carbocycles. The first-order chi connectivity index (χ1) is 12.1. The lowest BCUT2D eigenvalue weighted by Gasteiger charge is -2.36. The molecule has 6 nitrogen and oxygen atoms in total. The first kappa shape index (κ1) is 19.5. The van der Waals surface area contributed by atoms with Gasteiger partial charge in [0.05, 0.1) is 13.7 Å². The Morgan fingerprint density at radius 1 is 1.20 bits per heavy atom. The molecule has 6 heteroatoms.